The second-order valence-corrected chi connectivity index (χ2v) is 4.63. The maximum absolute atomic E-state index is 11.6. The molecule has 1 saturated heterocycles. The molecule has 1 amide bonds. The fourth-order valence-electron chi connectivity index (χ4n) is 1.89. The Morgan fingerprint density at radius 3 is 3.00 bits per heavy atom. The number of aliphatic hydroxyl groups excluding tert-OH is 1. The zero-order valence-corrected chi connectivity index (χ0v) is 9.52. The molecule has 2 fully saturated rings. The molecule has 1 aliphatic heterocycles. The number of carbonyl (C=O) groups excluding carboxylic acids is 1. The highest BCUT2D eigenvalue weighted by Gasteiger charge is 2.25. The van der Waals surface area contributed by atoms with Crippen molar-refractivity contribution in [2.45, 2.75) is 18.9 Å². The van der Waals surface area contributed by atoms with E-state index < -0.39 is 0 Å². The molecule has 1 unspecified atom stereocenters. The minimum absolute atomic E-state index is 0.0274. The van der Waals surface area contributed by atoms with Crippen LogP contribution in [0.15, 0.2) is 0 Å². The molecule has 5 heteroatoms. The van der Waals surface area contributed by atoms with Crippen LogP contribution in [0, 0.1) is 5.92 Å². The molecule has 0 aromatic carbocycles. The van der Waals surface area contributed by atoms with Gasteiger partial charge in [-0.3, -0.25) is 9.69 Å². The SMILES string of the molecule is O=C(CN1CCOCC1CO)NCC1CC1. The molecular formula is C11H20N2O3. The Morgan fingerprint density at radius 1 is 1.50 bits per heavy atom. The highest BCUT2D eigenvalue weighted by Crippen LogP contribution is 2.27. The van der Waals surface area contributed by atoms with Gasteiger partial charge in [0.25, 0.3) is 0 Å². The fraction of sp³-hybridized carbons (Fsp3) is 0.909. The molecule has 0 bridgehead atoms. The van der Waals surface area contributed by atoms with E-state index in [4.69, 9.17) is 9.84 Å². The number of nitrogens with zero attached hydrogens (tertiary/aromatic N) is 1. The van der Waals surface area contributed by atoms with Gasteiger partial charge in [0.1, 0.15) is 0 Å². The normalized spacial score (nSPS) is 26.7. The van der Waals surface area contributed by atoms with Crippen molar-refractivity contribution in [2.75, 3.05) is 39.5 Å². The van der Waals surface area contributed by atoms with Crippen molar-refractivity contribution in [2.24, 2.45) is 5.92 Å². The maximum atomic E-state index is 11.6. The van der Waals surface area contributed by atoms with E-state index >= 15 is 0 Å². The number of morpholine rings is 1. The van der Waals surface area contributed by atoms with E-state index in [9.17, 15) is 4.79 Å². The van der Waals surface area contributed by atoms with Crippen LogP contribution in [0.4, 0.5) is 0 Å². The van der Waals surface area contributed by atoms with Crippen molar-refractivity contribution in [1.82, 2.24) is 10.2 Å². The number of hydrogen-bond donors (Lipinski definition) is 2. The van der Waals surface area contributed by atoms with E-state index in [1.807, 2.05) is 4.90 Å². The van der Waals surface area contributed by atoms with E-state index in [-0.39, 0.29) is 18.6 Å². The van der Waals surface area contributed by atoms with Crippen LogP contribution in [0.3, 0.4) is 0 Å². The molecule has 0 spiro atoms. The van der Waals surface area contributed by atoms with Crippen molar-refractivity contribution in [3.8, 4) is 0 Å². The number of rotatable bonds is 5. The van der Waals surface area contributed by atoms with Crippen molar-refractivity contribution in [1.29, 1.82) is 0 Å². The van der Waals surface area contributed by atoms with Gasteiger partial charge in [-0.15, -0.1) is 0 Å². The number of amides is 1. The maximum Gasteiger partial charge on any atom is 0.234 e. The van der Waals surface area contributed by atoms with Gasteiger partial charge in [-0.2, -0.15) is 0 Å². The lowest BCUT2D eigenvalue weighted by atomic mass is 10.2. The summed E-state index contributed by atoms with van der Waals surface area (Å²) < 4.78 is 5.26. The average Bonchev–Trinajstić information content (AvgIpc) is 3.11. The predicted octanol–water partition coefficient (Wildman–Crippen LogP) is -0.794. The third-order valence-corrected chi connectivity index (χ3v) is 3.19. The highest BCUT2D eigenvalue weighted by molar-refractivity contribution is 5.78. The van der Waals surface area contributed by atoms with Crippen molar-refractivity contribution < 1.29 is 14.6 Å². The van der Waals surface area contributed by atoms with Gasteiger partial charge in [-0.05, 0) is 18.8 Å². The van der Waals surface area contributed by atoms with Crippen LogP contribution in [0.2, 0.25) is 0 Å². The number of nitrogens with one attached hydrogen (secondary N) is 1. The Balaban J connectivity index is 1.70. The summed E-state index contributed by atoms with van der Waals surface area (Å²) >= 11 is 0. The van der Waals surface area contributed by atoms with E-state index in [0.717, 1.165) is 13.1 Å². The molecule has 1 saturated carbocycles. The van der Waals surface area contributed by atoms with Crippen LogP contribution in [-0.2, 0) is 9.53 Å². The summed E-state index contributed by atoms with van der Waals surface area (Å²) in [5, 5.41) is 12.1. The molecule has 16 heavy (non-hydrogen) atoms. The van der Waals surface area contributed by atoms with Gasteiger partial charge in [0.15, 0.2) is 0 Å². The minimum Gasteiger partial charge on any atom is -0.395 e. The molecule has 1 heterocycles. The molecule has 2 N–H and O–H groups in total. The molecule has 0 aromatic heterocycles. The first-order chi connectivity index (χ1) is 7.79. The topological polar surface area (TPSA) is 61.8 Å². The molecule has 0 aromatic rings. The van der Waals surface area contributed by atoms with Gasteiger partial charge < -0.3 is 15.2 Å². The first-order valence-electron chi connectivity index (χ1n) is 5.99. The molecular weight excluding hydrogens is 208 g/mol. The number of hydrogen-bond acceptors (Lipinski definition) is 4. The van der Waals surface area contributed by atoms with Crippen LogP contribution in [0.25, 0.3) is 0 Å². The molecule has 2 aliphatic rings. The first kappa shape index (κ1) is 11.8. The lowest BCUT2D eigenvalue weighted by molar-refractivity contribution is -0.125. The summed E-state index contributed by atoms with van der Waals surface area (Å²) in [5.41, 5.74) is 0. The highest BCUT2D eigenvalue weighted by atomic mass is 16.5. The Morgan fingerprint density at radius 2 is 2.31 bits per heavy atom. The van der Waals surface area contributed by atoms with Crippen molar-refractivity contribution >= 4 is 5.91 Å². The lowest BCUT2D eigenvalue weighted by Gasteiger charge is -2.33. The second kappa shape index (κ2) is 5.61. The van der Waals surface area contributed by atoms with Crippen LogP contribution < -0.4 is 5.32 Å². The Hall–Kier alpha value is -0.650. The van der Waals surface area contributed by atoms with E-state index in [1.165, 1.54) is 12.8 Å². The average molecular weight is 228 g/mol. The Labute approximate surface area is 95.8 Å². The number of ether oxygens (including phenoxy) is 1. The van der Waals surface area contributed by atoms with Crippen molar-refractivity contribution in [3.63, 3.8) is 0 Å². The summed E-state index contributed by atoms with van der Waals surface area (Å²) in [6.07, 6.45) is 2.49. The first-order valence-corrected chi connectivity index (χ1v) is 5.99. The van der Waals surface area contributed by atoms with Crippen LogP contribution in [0.1, 0.15) is 12.8 Å². The smallest absolute Gasteiger partial charge is 0.234 e. The summed E-state index contributed by atoms with van der Waals surface area (Å²) in [6.45, 7) is 3.13. The largest absolute Gasteiger partial charge is 0.395 e. The standard InChI is InChI=1S/C11H20N2O3/c14-7-10-8-16-4-3-13(10)6-11(15)12-5-9-1-2-9/h9-10,14H,1-8H2,(H,12,15). The van der Waals surface area contributed by atoms with Crippen LogP contribution >= 0.6 is 0 Å². The quantitative estimate of drug-likeness (QED) is 0.647. The zero-order chi connectivity index (χ0) is 11.4. The molecule has 0 radical (unpaired) electrons. The monoisotopic (exact) mass is 228 g/mol. The van der Waals surface area contributed by atoms with Gasteiger partial charge in [0.05, 0.1) is 32.4 Å². The Kier molecular flexibility index (Phi) is 4.15. The van der Waals surface area contributed by atoms with Gasteiger partial charge in [-0.1, -0.05) is 0 Å². The lowest BCUT2D eigenvalue weighted by Crippen LogP contribution is -2.51. The zero-order valence-electron chi connectivity index (χ0n) is 9.52. The predicted molar refractivity (Wildman–Crippen MR) is 59.0 cm³/mol. The molecule has 1 atom stereocenters. The molecule has 92 valence electrons. The van der Waals surface area contributed by atoms with Gasteiger partial charge >= 0.3 is 0 Å². The van der Waals surface area contributed by atoms with Gasteiger partial charge in [-0.25, -0.2) is 0 Å². The van der Waals surface area contributed by atoms with E-state index in [2.05, 4.69) is 5.32 Å². The number of aliphatic hydroxyl groups is 1. The van der Waals surface area contributed by atoms with Crippen LogP contribution in [-0.4, -0.2) is 61.4 Å². The van der Waals surface area contributed by atoms with Gasteiger partial charge in [0.2, 0.25) is 5.91 Å². The second-order valence-electron chi connectivity index (χ2n) is 4.63. The van der Waals surface area contributed by atoms with E-state index in [0.29, 0.717) is 25.7 Å². The summed E-state index contributed by atoms with van der Waals surface area (Å²) in [7, 11) is 0. The molecule has 1 aliphatic carbocycles. The van der Waals surface area contributed by atoms with Crippen molar-refractivity contribution in [3.05, 3.63) is 0 Å². The van der Waals surface area contributed by atoms with Crippen LogP contribution in [0.5, 0.6) is 0 Å². The summed E-state index contributed by atoms with van der Waals surface area (Å²) in [4.78, 5) is 13.6. The summed E-state index contributed by atoms with van der Waals surface area (Å²) in [5.74, 6) is 0.773. The fourth-order valence-corrected chi connectivity index (χ4v) is 1.89. The molecule has 2 rings (SSSR count). The third kappa shape index (κ3) is 3.43. The van der Waals surface area contributed by atoms with E-state index in [1.54, 1.807) is 0 Å². The summed E-state index contributed by atoms with van der Waals surface area (Å²) in [6, 6.07) is -0.0274. The third-order valence-electron chi connectivity index (χ3n) is 3.19. The Bertz CT molecular complexity index is 243. The minimum atomic E-state index is -0.0274. The van der Waals surface area contributed by atoms with Gasteiger partial charge in [0, 0.05) is 13.1 Å². The number of carbonyl (C=O) groups is 1. The molecule has 5 nitrogen and oxygen atoms in total.